The summed E-state index contributed by atoms with van der Waals surface area (Å²) in [6.07, 6.45) is 0. The number of methoxy groups -OCH3 is 2. The first-order valence-corrected chi connectivity index (χ1v) is 12.3. The number of ether oxygens (including phenoxy) is 2. The van der Waals surface area contributed by atoms with E-state index in [2.05, 4.69) is 30.6 Å². The number of aliphatic hydroxyl groups excluding tert-OH is 1. The number of aromatic nitrogens is 4. The predicted molar refractivity (Wildman–Crippen MR) is 139 cm³/mol. The molecule has 10 heteroatoms. The second kappa shape index (κ2) is 10.3. The van der Waals surface area contributed by atoms with Crippen LogP contribution in [0, 0.1) is 6.92 Å². The molecule has 0 atom stereocenters. The van der Waals surface area contributed by atoms with Gasteiger partial charge in [-0.15, -0.1) is 5.10 Å². The summed E-state index contributed by atoms with van der Waals surface area (Å²) in [7, 11) is 3.27. The van der Waals surface area contributed by atoms with Crippen LogP contribution in [0.25, 0.3) is 28.0 Å². The van der Waals surface area contributed by atoms with Crippen LogP contribution in [0.3, 0.4) is 0 Å². The molecule has 0 aliphatic carbocycles. The van der Waals surface area contributed by atoms with Crippen molar-refractivity contribution < 1.29 is 19.1 Å². The Kier molecular flexibility index (Phi) is 6.95. The van der Waals surface area contributed by atoms with Gasteiger partial charge in [0, 0.05) is 48.7 Å². The molecule has 36 heavy (non-hydrogen) atoms. The average molecular weight is 510 g/mol. The third-order valence-corrected chi connectivity index (χ3v) is 6.87. The molecule has 0 spiro atoms. The number of nitrogens with zero attached hydrogens (tertiary/aromatic N) is 5. The van der Waals surface area contributed by atoms with E-state index in [0.717, 1.165) is 53.9 Å². The number of anilines is 1. The summed E-state index contributed by atoms with van der Waals surface area (Å²) in [4.78, 5) is 9.31. The van der Waals surface area contributed by atoms with Gasteiger partial charge in [0.1, 0.15) is 5.69 Å². The molecular weight excluding hydrogens is 480 g/mol. The normalized spacial score (nSPS) is 14.4. The van der Waals surface area contributed by atoms with Gasteiger partial charge in [0.15, 0.2) is 11.5 Å². The van der Waals surface area contributed by atoms with Crippen molar-refractivity contribution in [2.24, 2.45) is 0 Å². The van der Waals surface area contributed by atoms with Crippen molar-refractivity contribution in [1.29, 1.82) is 0 Å². The Labute approximate surface area is 214 Å². The zero-order valence-electron chi connectivity index (χ0n) is 20.7. The summed E-state index contributed by atoms with van der Waals surface area (Å²) in [6, 6.07) is 13.9. The van der Waals surface area contributed by atoms with E-state index in [9.17, 15) is 5.11 Å². The zero-order chi connectivity index (χ0) is 25.2. The van der Waals surface area contributed by atoms with Gasteiger partial charge in [-0.3, -0.25) is 4.90 Å². The minimum Gasteiger partial charge on any atom is -0.493 e. The van der Waals surface area contributed by atoms with Gasteiger partial charge in [-0.05, 0) is 59.8 Å². The van der Waals surface area contributed by atoms with E-state index in [0.29, 0.717) is 35.0 Å². The number of aromatic amines is 1. The number of pyridine rings is 1. The van der Waals surface area contributed by atoms with Gasteiger partial charge in [0.25, 0.3) is 0 Å². The van der Waals surface area contributed by atoms with E-state index in [4.69, 9.17) is 26.1 Å². The third-order valence-electron chi connectivity index (χ3n) is 6.61. The number of rotatable bonds is 7. The monoisotopic (exact) mass is 509 g/mol. The van der Waals surface area contributed by atoms with Crippen LogP contribution >= 0.6 is 11.6 Å². The second-order valence-electron chi connectivity index (χ2n) is 8.78. The fourth-order valence-electron chi connectivity index (χ4n) is 4.77. The van der Waals surface area contributed by atoms with Gasteiger partial charge in [-0.1, -0.05) is 16.7 Å². The number of halogens is 1. The van der Waals surface area contributed by atoms with E-state index >= 15 is 0 Å². The molecule has 0 radical (unpaired) electrons. The standard InChI is InChI=1S/C26H30ClN6O3/c1-17-14-19-15-22(35-2)23(36-3)16-21(19)24(18-4-6-20(27)7-5-18)33(17)26-28-25(29-30-26)32-10-8-31(9-11-32)12-13-34/h4-7,14-16,34H,8-13H2,1-3H3,(H,28,29,30)/q+1. The molecule has 0 unspecified atom stereocenters. The molecule has 0 saturated carbocycles. The summed E-state index contributed by atoms with van der Waals surface area (Å²) in [5.41, 5.74) is 2.91. The molecule has 188 valence electrons. The van der Waals surface area contributed by atoms with Crippen LogP contribution in [0.5, 0.6) is 11.5 Å². The average Bonchev–Trinajstić information content (AvgIpc) is 3.38. The van der Waals surface area contributed by atoms with Crippen LogP contribution < -0.4 is 18.9 Å². The second-order valence-corrected chi connectivity index (χ2v) is 9.22. The number of fused-ring (bicyclic) bond motifs is 1. The quantitative estimate of drug-likeness (QED) is 0.370. The number of H-pyrrole nitrogens is 1. The molecule has 2 N–H and O–H groups in total. The predicted octanol–water partition coefficient (Wildman–Crippen LogP) is 2.99. The van der Waals surface area contributed by atoms with Gasteiger partial charge in [-0.25, -0.2) is 0 Å². The molecule has 0 amide bonds. The maximum atomic E-state index is 9.22. The lowest BCUT2D eigenvalue weighted by Crippen LogP contribution is -2.47. The molecule has 2 aromatic carbocycles. The van der Waals surface area contributed by atoms with E-state index < -0.39 is 0 Å². The van der Waals surface area contributed by atoms with Gasteiger partial charge in [-0.2, -0.15) is 4.57 Å². The van der Waals surface area contributed by atoms with Crippen LogP contribution in [0.2, 0.25) is 5.02 Å². The first kappa shape index (κ1) is 24.3. The number of nitrogens with one attached hydrogen (secondary N) is 1. The summed E-state index contributed by atoms with van der Waals surface area (Å²) in [6.45, 7) is 6.25. The molecule has 9 nitrogen and oxygen atoms in total. The summed E-state index contributed by atoms with van der Waals surface area (Å²) in [5, 5.41) is 19.6. The largest absolute Gasteiger partial charge is 0.493 e. The number of aryl methyl sites for hydroxylation is 1. The van der Waals surface area contributed by atoms with Crippen molar-refractivity contribution in [2.45, 2.75) is 6.92 Å². The Morgan fingerprint density at radius 2 is 1.72 bits per heavy atom. The van der Waals surface area contributed by atoms with E-state index in [-0.39, 0.29) is 6.61 Å². The Hall–Kier alpha value is -3.40. The van der Waals surface area contributed by atoms with Crippen molar-refractivity contribution in [1.82, 2.24) is 20.1 Å². The maximum absolute atomic E-state index is 9.22. The maximum Gasteiger partial charge on any atom is 0.424 e. The molecule has 1 aliphatic rings. The van der Waals surface area contributed by atoms with E-state index in [1.165, 1.54) is 0 Å². The van der Waals surface area contributed by atoms with Gasteiger partial charge in [0.2, 0.25) is 0 Å². The summed E-state index contributed by atoms with van der Waals surface area (Å²) >= 11 is 6.22. The minimum absolute atomic E-state index is 0.173. The van der Waals surface area contributed by atoms with Crippen LogP contribution in [-0.4, -0.2) is 78.7 Å². The molecule has 3 heterocycles. The van der Waals surface area contributed by atoms with Crippen LogP contribution in [0.4, 0.5) is 5.95 Å². The minimum atomic E-state index is 0.173. The lowest BCUT2D eigenvalue weighted by Gasteiger charge is -2.32. The van der Waals surface area contributed by atoms with Gasteiger partial charge >= 0.3 is 11.9 Å². The Balaban J connectivity index is 1.63. The molecule has 5 rings (SSSR count). The molecular formula is C26H30ClN6O3+. The molecule has 4 aromatic rings. The summed E-state index contributed by atoms with van der Waals surface area (Å²) in [5.74, 6) is 2.61. The van der Waals surface area contributed by atoms with Crippen molar-refractivity contribution in [2.75, 3.05) is 58.5 Å². The third kappa shape index (κ3) is 4.57. The van der Waals surface area contributed by atoms with Crippen LogP contribution in [0.15, 0.2) is 42.5 Å². The number of benzene rings is 2. The highest BCUT2D eigenvalue weighted by Gasteiger charge is 2.28. The van der Waals surface area contributed by atoms with Crippen molar-refractivity contribution in [3.05, 3.63) is 53.2 Å². The van der Waals surface area contributed by atoms with Gasteiger partial charge in [0.05, 0.1) is 26.5 Å². The van der Waals surface area contributed by atoms with Crippen molar-refractivity contribution in [3.63, 3.8) is 0 Å². The Morgan fingerprint density at radius 3 is 2.39 bits per heavy atom. The SMILES string of the molecule is COc1cc2cc(C)[n+](-c3nc(N4CCN(CCO)CC4)n[nH]3)c(-c3ccc(Cl)cc3)c2cc1OC. The molecule has 1 fully saturated rings. The molecule has 1 aliphatic heterocycles. The highest BCUT2D eigenvalue weighted by Crippen LogP contribution is 2.36. The highest BCUT2D eigenvalue weighted by molar-refractivity contribution is 6.30. The van der Waals surface area contributed by atoms with E-state index in [1.54, 1.807) is 14.2 Å². The van der Waals surface area contributed by atoms with Crippen LogP contribution in [0.1, 0.15) is 5.69 Å². The number of hydrogen-bond donors (Lipinski definition) is 2. The number of piperazine rings is 1. The van der Waals surface area contributed by atoms with Gasteiger partial charge < -0.3 is 19.5 Å². The molecule has 0 bridgehead atoms. The highest BCUT2D eigenvalue weighted by atomic mass is 35.5. The smallest absolute Gasteiger partial charge is 0.424 e. The lowest BCUT2D eigenvalue weighted by atomic mass is 10.0. The van der Waals surface area contributed by atoms with Crippen molar-refractivity contribution in [3.8, 4) is 28.7 Å². The fourth-order valence-corrected chi connectivity index (χ4v) is 4.90. The van der Waals surface area contributed by atoms with E-state index in [1.807, 2.05) is 43.3 Å². The zero-order valence-corrected chi connectivity index (χ0v) is 21.4. The first-order valence-electron chi connectivity index (χ1n) is 11.9. The van der Waals surface area contributed by atoms with Crippen molar-refractivity contribution >= 4 is 28.3 Å². The topological polar surface area (TPSA) is 90.6 Å². The molecule has 2 aromatic heterocycles. The van der Waals surface area contributed by atoms with Crippen LogP contribution in [-0.2, 0) is 0 Å². The first-order chi connectivity index (χ1) is 17.5. The number of aliphatic hydroxyl groups is 1. The number of β-amino-alcohol motifs (C(OH)–C–C–N with tert-alkyl or cyclic N) is 1. The summed E-state index contributed by atoms with van der Waals surface area (Å²) < 4.78 is 13.3. The Bertz CT molecular complexity index is 1370. The number of hydrogen-bond acceptors (Lipinski definition) is 7. The fraction of sp³-hybridized carbons (Fsp3) is 0.346. The molecule has 1 saturated heterocycles. The lowest BCUT2D eigenvalue weighted by molar-refractivity contribution is -0.597. The Morgan fingerprint density at radius 1 is 1.03 bits per heavy atom.